The Morgan fingerprint density at radius 3 is 1.33 bits per heavy atom. The fraction of sp³-hybridized carbons (Fsp3) is 0. The molecule has 0 aromatic heterocycles. The zero-order valence-electron chi connectivity index (χ0n) is 3.15. The first-order valence-electron chi connectivity index (χ1n) is 1.33. The molecule has 0 nitrogen and oxygen atoms in total. The van der Waals surface area contributed by atoms with Crippen LogP contribution in [0.15, 0.2) is 0 Å². The second-order valence-corrected chi connectivity index (χ2v) is 0.539. The van der Waals surface area contributed by atoms with Crippen LogP contribution >= 0.6 is 0 Å². The van der Waals surface area contributed by atoms with Gasteiger partial charge in [0.25, 0.3) is 0 Å². The summed E-state index contributed by atoms with van der Waals surface area (Å²) in [5.74, 6) is 8.61. The predicted molar refractivity (Wildman–Crippen MR) is 25.4 cm³/mol. The topological polar surface area (TPSA) is 0 Å². The lowest BCUT2D eigenvalue weighted by Crippen LogP contribution is -1.42. The number of hydrogen-bond donors (Lipinski definition) is 0. The van der Waals surface area contributed by atoms with Crippen LogP contribution in [-0.2, 0) is 0 Å². The normalized spacial score (nSPS) is 3.00. The van der Waals surface area contributed by atoms with E-state index < -0.39 is 0 Å². The summed E-state index contributed by atoms with van der Waals surface area (Å²) in [5, 5.41) is 0. The van der Waals surface area contributed by atoms with Gasteiger partial charge in [-0.1, -0.05) is 0 Å². The minimum absolute atomic E-state index is 2.06. The summed E-state index contributed by atoms with van der Waals surface area (Å²) in [7, 11) is 0. The lowest BCUT2D eigenvalue weighted by Gasteiger charge is -1.43. The summed E-state index contributed by atoms with van der Waals surface area (Å²) in [6.07, 6.45) is 9.39. The molecule has 0 saturated heterocycles. The average molecular weight is 74.1 g/mol. The molecule has 0 rings (SSSR count). The van der Waals surface area contributed by atoms with Crippen LogP contribution in [0.25, 0.3) is 0 Å². The van der Waals surface area contributed by atoms with Crippen molar-refractivity contribution >= 4 is 0 Å². The van der Waals surface area contributed by atoms with Gasteiger partial charge in [0.15, 0.2) is 0 Å². The van der Waals surface area contributed by atoms with Gasteiger partial charge in [-0.05, 0) is 23.7 Å². The maximum Gasteiger partial charge on any atom is -0.00134 e. The van der Waals surface area contributed by atoms with Crippen molar-refractivity contribution in [2.45, 2.75) is 0 Å². The first-order valence-corrected chi connectivity index (χ1v) is 1.33. The molecule has 0 aromatic rings. The van der Waals surface area contributed by atoms with Crippen LogP contribution in [0.1, 0.15) is 0 Å². The van der Waals surface area contributed by atoms with Gasteiger partial charge in [0, 0.05) is 0 Å². The van der Waals surface area contributed by atoms with Crippen molar-refractivity contribution in [2.24, 2.45) is 0 Å². The molecule has 0 aromatic carbocycles. The van der Waals surface area contributed by atoms with Crippen LogP contribution in [0.3, 0.4) is 0 Å². The van der Waals surface area contributed by atoms with Crippen LogP contribution in [0, 0.1) is 36.5 Å². The third-order valence-corrected chi connectivity index (χ3v) is 0.207. The molecule has 0 atom stereocenters. The summed E-state index contributed by atoms with van der Waals surface area (Å²) >= 11 is 0. The maximum atomic E-state index is 4.70. The molecule has 0 fully saturated rings. The average Bonchev–Trinajstić information content (AvgIpc) is 1.61. The molecule has 26 valence electrons. The highest BCUT2D eigenvalue weighted by Gasteiger charge is 1.41. The second-order valence-electron chi connectivity index (χ2n) is 0.539. The van der Waals surface area contributed by atoms with E-state index in [-0.39, 0.29) is 0 Å². The molecule has 0 amide bonds. The van der Waals surface area contributed by atoms with Crippen molar-refractivity contribution in [3.05, 3.63) is 0 Å². The monoisotopic (exact) mass is 74.0 g/mol. The minimum atomic E-state index is 2.06. The largest absolute Gasteiger partial charge is 0.106 e. The van der Waals surface area contributed by atoms with Crippen molar-refractivity contribution in [3.63, 3.8) is 0 Å². The lowest BCUT2D eigenvalue weighted by atomic mass is 10.6. The van der Waals surface area contributed by atoms with Crippen LogP contribution < -0.4 is 0 Å². The van der Waals surface area contributed by atoms with Crippen molar-refractivity contribution in [1.29, 1.82) is 0 Å². The fourth-order valence-corrected chi connectivity index (χ4v) is 0.0722. The number of terminal acetylenes is 2. The van der Waals surface area contributed by atoms with Gasteiger partial charge in [-0.3, -0.25) is 0 Å². The van der Waals surface area contributed by atoms with E-state index in [9.17, 15) is 0 Å². The summed E-state index contributed by atoms with van der Waals surface area (Å²) < 4.78 is 0. The minimum Gasteiger partial charge on any atom is -0.106 e. The molecule has 0 N–H and O–H groups in total. The van der Waals surface area contributed by atoms with E-state index in [0.29, 0.717) is 0 Å². The zero-order chi connectivity index (χ0) is 4.83. The summed E-state index contributed by atoms with van der Waals surface area (Å²) in [6, 6.07) is 0. The molecular weight excluding hydrogens is 72.1 g/mol. The highest BCUT2D eigenvalue weighted by Crippen LogP contribution is 1.42. The van der Waals surface area contributed by atoms with E-state index in [1.807, 2.05) is 0 Å². The van der Waals surface area contributed by atoms with E-state index >= 15 is 0 Å². The summed E-state index contributed by atoms with van der Waals surface area (Å²) in [6.45, 7) is 0. The zero-order valence-corrected chi connectivity index (χ0v) is 3.15. The van der Waals surface area contributed by atoms with Gasteiger partial charge in [0.05, 0.1) is 0 Å². The smallest absolute Gasteiger partial charge is 0.00134 e. The molecule has 0 spiro atoms. The van der Waals surface area contributed by atoms with Gasteiger partial charge < -0.3 is 0 Å². The van der Waals surface area contributed by atoms with Gasteiger partial charge >= 0.3 is 0 Å². The van der Waals surface area contributed by atoms with E-state index in [4.69, 9.17) is 12.8 Å². The van der Waals surface area contributed by atoms with Gasteiger partial charge in [-0.2, -0.15) is 0 Å². The van der Waals surface area contributed by atoms with Gasteiger partial charge in [0.1, 0.15) is 0 Å². The Morgan fingerprint density at radius 2 is 1.17 bits per heavy atom. The Labute approximate surface area is 37.6 Å². The quantitative estimate of drug-likeness (QED) is 0.361. The van der Waals surface area contributed by atoms with Crippen LogP contribution in [0.5, 0.6) is 0 Å². The van der Waals surface area contributed by atoms with Crippen molar-refractivity contribution in [2.75, 3.05) is 0 Å². The Kier molecular flexibility index (Phi) is 2.87. The van der Waals surface area contributed by atoms with Crippen molar-refractivity contribution in [1.82, 2.24) is 0 Å². The first-order chi connectivity index (χ1) is 2.91. The van der Waals surface area contributed by atoms with E-state index in [1.54, 1.807) is 0 Å². The van der Waals surface area contributed by atoms with E-state index in [2.05, 4.69) is 23.7 Å². The molecule has 0 heterocycles. The predicted octanol–water partition coefficient (Wildman–Crippen LogP) is 0.256. The van der Waals surface area contributed by atoms with Crippen molar-refractivity contribution < 1.29 is 0 Å². The molecule has 0 aliphatic rings. The molecule has 0 bridgehead atoms. The lowest BCUT2D eigenvalue weighted by molar-refractivity contribution is 2.47. The van der Waals surface area contributed by atoms with E-state index in [0.717, 1.165) is 0 Å². The first kappa shape index (κ1) is 4.68. The summed E-state index contributed by atoms with van der Waals surface area (Å²) in [5.41, 5.74) is 0. The molecular formula is C6H2. The third kappa shape index (κ3) is 2.68. The van der Waals surface area contributed by atoms with Gasteiger partial charge in [-0.15, -0.1) is 12.8 Å². The second kappa shape index (κ2) is 3.68. The van der Waals surface area contributed by atoms with Crippen LogP contribution in [0.2, 0.25) is 0 Å². The molecule has 6 heavy (non-hydrogen) atoms. The number of hydrogen-bond acceptors (Lipinski definition) is 0. The Balaban J connectivity index is 3.60. The molecule has 0 unspecified atom stereocenters. The summed E-state index contributed by atoms with van der Waals surface area (Å²) in [4.78, 5) is 0. The molecule has 0 radical (unpaired) electrons. The van der Waals surface area contributed by atoms with Gasteiger partial charge in [0.2, 0.25) is 0 Å². The Morgan fingerprint density at radius 1 is 0.833 bits per heavy atom. The molecule has 0 aliphatic heterocycles. The number of rotatable bonds is 0. The maximum absolute atomic E-state index is 4.70. The highest BCUT2D eigenvalue weighted by atomic mass is 13.4. The molecule has 0 aliphatic carbocycles. The van der Waals surface area contributed by atoms with Crippen LogP contribution in [0.4, 0.5) is 0 Å². The van der Waals surface area contributed by atoms with Crippen LogP contribution in [-0.4, -0.2) is 0 Å². The van der Waals surface area contributed by atoms with E-state index in [1.165, 1.54) is 0 Å². The Bertz CT molecular complexity index is 133. The van der Waals surface area contributed by atoms with Gasteiger partial charge in [-0.25, -0.2) is 0 Å². The third-order valence-electron chi connectivity index (χ3n) is 0.207. The highest BCUT2D eigenvalue weighted by molar-refractivity contribution is 5.31. The molecule has 0 saturated carbocycles. The Hall–Kier alpha value is -1.32. The van der Waals surface area contributed by atoms with Crippen molar-refractivity contribution in [3.8, 4) is 36.5 Å². The standard InChI is InChI=1S/C6H2/c1-3-5-6-4-2/h1-2H. The SMILES string of the molecule is C#CC#CC#C. The fourth-order valence-electron chi connectivity index (χ4n) is 0.0722. The molecule has 0 heteroatoms.